The number of allylic oxidation sites excluding steroid dienone is 2. The van der Waals surface area contributed by atoms with Gasteiger partial charge in [-0.1, -0.05) is 18.2 Å². The van der Waals surface area contributed by atoms with E-state index in [2.05, 4.69) is 16.0 Å². The van der Waals surface area contributed by atoms with E-state index < -0.39 is 0 Å². The minimum atomic E-state index is -0.159. The first-order valence-corrected chi connectivity index (χ1v) is 7.26. The van der Waals surface area contributed by atoms with Gasteiger partial charge in [0.05, 0.1) is 0 Å². The lowest BCUT2D eigenvalue weighted by Gasteiger charge is -2.28. The summed E-state index contributed by atoms with van der Waals surface area (Å²) in [5.74, 6) is 0.354. The van der Waals surface area contributed by atoms with Crippen LogP contribution in [-0.4, -0.2) is 36.4 Å². The van der Waals surface area contributed by atoms with E-state index in [1.807, 2.05) is 18.2 Å². The lowest BCUT2D eigenvalue weighted by atomic mass is 9.92. The quantitative estimate of drug-likeness (QED) is 0.900. The molecule has 2 unspecified atom stereocenters. The van der Waals surface area contributed by atoms with E-state index in [1.165, 1.54) is 0 Å². The summed E-state index contributed by atoms with van der Waals surface area (Å²) in [4.78, 5) is 7.29. The molecule has 2 aliphatic heterocycles. The van der Waals surface area contributed by atoms with Crippen LogP contribution in [0.1, 0.15) is 11.3 Å². The largest absolute Gasteiger partial charge is 0.384 e. The molecule has 1 aliphatic carbocycles. The third-order valence-electron chi connectivity index (χ3n) is 4.14. The zero-order valence-electron chi connectivity index (χ0n) is 13.0. The molecule has 2 heterocycles. The van der Waals surface area contributed by atoms with Crippen LogP contribution in [0.2, 0.25) is 0 Å². The molecule has 2 atom stereocenters. The Bertz CT molecular complexity index is 785. The third kappa shape index (κ3) is 2.61. The standard InChI is InChI=1S/C17H18N4O2/c1-22-15-5-3-4-10(16(15)23-2)6-14-13-9-20-8-12(13)11(7-18)17(19)21-14/h3-5,8-9,15-16,21H,6,19H2,1-2H3. The zero-order chi connectivity index (χ0) is 16.4. The number of nitrogens with two attached hydrogens (primary N) is 1. The molecule has 0 aromatic carbocycles. The monoisotopic (exact) mass is 310 g/mol. The molecule has 6 heteroatoms. The number of rotatable bonds is 4. The van der Waals surface area contributed by atoms with Gasteiger partial charge in [0.2, 0.25) is 0 Å². The lowest BCUT2D eigenvalue weighted by Crippen LogP contribution is -2.32. The van der Waals surface area contributed by atoms with Gasteiger partial charge in [-0.25, -0.2) is 0 Å². The van der Waals surface area contributed by atoms with Crippen molar-refractivity contribution in [2.24, 2.45) is 0 Å². The molecule has 0 saturated carbocycles. The molecule has 6 nitrogen and oxygen atoms in total. The van der Waals surface area contributed by atoms with Crippen molar-refractivity contribution in [3.05, 3.63) is 47.5 Å². The van der Waals surface area contributed by atoms with Crippen molar-refractivity contribution >= 4 is 5.82 Å². The molecule has 0 amide bonds. The van der Waals surface area contributed by atoms with Crippen molar-refractivity contribution in [1.82, 2.24) is 9.97 Å². The average molecular weight is 310 g/mol. The van der Waals surface area contributed by atoms with Crippen LogP contribution < -0.4 is 5.73 Å². The maximum Gasteiger partial charge on any atom is 0.119 e. The van der Waals surface area contributed by atoms with Crippen molar-refractivity contribution in [2.75, 3.05) is 20.0 Å². The molecule has 3 aliphatic rings. The summed E-state index contributed by atoms with van der Waals surface area (Å²) in [6, 6.07) is 2.12. The normalized spacial score (nSPS) is 20.5. The number of methoxy groups -OCH3 is 2. The van der Waals surface area contributed by atoms with Crippen LogP contribution in [0, 0.1) is 11.3 Å². The van der Waals surface area contributed by atoms with Crippen LogP contribution >= 0.6 is 0 Å². The van der Waals surface area contributed by atoms with Crippen LogP contribution in [0.25, 0.3) is 11.1 Å². The Labute approximate surface area is 134 Å². The van der Waals surface area contributed by atoms with Gasteiger partial charge < -0.3 is 20.2 Å². The highest BCUT2D eigenvalue weighted by Gasteiger charge is 2.27. The molecule has 3 N–H and O–H groups in total. The third-order valence-corrected chi connectivity index (χ3v) is 4.14. The molecule has 0 saturated heterocycles. The van der Waals surface area contributed by atoms with Gasteiger partial charge in [-0.05, 0) is 5.57 Å². The van der Waals surface area contributed by atoms with Gasteiger partial charge in [-0.2, -0.15) is 5.26 Å². The number of H-pyrrole nitrogens is 1. The van der Waals surface area contributed by atoms with Gasteiger partial charge >= 0.3 is 0 Å². The fourth-order valence-corrected chi connectivity index (χ4v) is 3.01. The molecule has 0 spiro atoms. The first kappa shape index (κ1) is 15.3. The Morgan fingerprint density at radius 2 is 2.09 bits per heavy atom. The summed E-state index contributed by atoms with van der Waals surface area (Å²) in [5, 5.41) is 9.26. The van der Waals surface area contributed by atoms with Crippen molar-refractivity contribution in [1.29, 1.82) is 5.26 Å². The molecule has 0 aromatic rings. The number of nitrogens with zero attached hydrogens (tertiary/aromatic N) is 2. The SMILES string of the molecule is COC1C=CC=C(Cc2[nH]c(N)c(C#N)c3cncc2-3)C1OC. The summed E-state index contributed by atoms with van der Waals surface area (Å²) in [5.41, 5.74) is 10.1. The van der Waals surface area contributed by atoms with E-state index in [0.717, 1.165) is 22.4 Å². The van der Waals surface area contributed by atoms with Gasteiger partial charge in [0.25, 0.3) is 0 Å². The van der Waals surface area contributed by atoms with Crippen LogP contribution in [-0.2, 0) is 15.9 Å². The predicted molar refractivity (Wildman–Crippen MR) is 86.9 cm³/mol. The smallest absolute Gasteiger partial charge is 0.119 e. The number of pyridine rings is 1. The number of hydrogen-bond acceptors (Lipinski definition) is 5. The second-order valence-corrected chi connectivity index (χ2v) is 5.40. The van der Waals surface area contributed by atoms with E-state index >= 15 is 0 Å². The highest BCUT2D eigenvalue weighted by Crippen LogP contribution is 2.33. The highest BCUT2D eigenvalue weighted by atomic mass is 16.5. The Kier molecular flexibility index (Phi) is 4.15. The highest BCUT2D eigenvalue weighted by molar-refractivity contribution is 5.78. The van der Waals surface area contributed by atoms with Gasteiger partial charge in [0.15, 0.2) is 0 Å². The Morgan fingerprint density at radius 3 is 2.78 bits per heavy atom. The van der Waals surface area contributed by atoms with E-state index in [1.54, 1.807) is 26.6 Å². The summed E-state index contributed by atoms with van der Waals surface area (Å²) >= 11 is 0. The summed E-state index contributed by atoms with van der Waals surface area (Å²) in [7, 11) is 3.33. The fraction of sp³-hybridized carbons (Fsp3) is 0.294. The lowest BCUT2D eigenvalue weighted by molar-refractivity contribution is 0.00649. The molecule has 3 rings (SSSR count). The molecule has 23 heavy (non-hydrogen) atoms. The Hall–Kier alpha value is -2.62. The van der Waals surface area contributed by atoms with E-state index in [4.69, 9.17) is 15.2 Å². The molecular formula is C17H18N4O2. The topological polar surface area (TPSA) is 97.0 Å². The second-order valence-electron chi connectivity index (χ2n) is 5.40. The Morgan fingerprint density at radius 1 is 1.30 bits per heavy atom. The van der Waals surface area contributed by atoms with Gasteiger partial charge in [-0.3, -0.25) is 4.98 Å². The molecular weight excluding hydrogens is 292 g/mol. The molecule has 0 radical (unpaired) electrons. The van der Waals surface area contributed by atoms with E-state index in [-0.39, 0.29) is 12.2 Å². The number of ether oxygens (including phenoxy) is 2. The molecule has 0 bridgehead atoms. The van der Waals surface area contributed by atoms with Crippen molar-refractivity contribution in [2.45, 2.75) is 18.6 Å². The minimum Gasteiger partial charge on any atom is -0.384 e. The number of aromatic nitrogens is 2. The van der Waals surface area contributed by atoms with E-state index in [0.29, 0.717) is 17.8 Å². The van der Waals surface area contributed by atoms with Gasteiger partial charge in [0.1, 0.15) is 29.7 Å². The minimum absolute atomic E-state index is 0.121. The number of anilines is 1. The zero-order valence-corrected chi connectivity index (χ0v) is 13.0. The number of aromatic amines is 1. The van der Waals surface area contributed by atoms with Crippen molar-refractivity contribution in [3.63, 3.8) is 0 Å². The van der Waals surface area contributed by atoms with Crippen LogP contribution in [0.3, 0.4) is 0 Å². The van der Waals surface area contributed by atoms with Crippen molar-refractivity contribution in [3.8, 4) is 17.2 Å². The Balaban J connectivity index is 2.00. The molecule has 118 valence electrons. The maximum absolute atomic E-state index is 9.26. The van der Waals surface area contributed by atoms with Gasteiger partial charge in [0, 0.05) is 49.9 Å². The van der Waals surface area contributed by atoms with Crippen LogP contribution in [0.4, 0.5) is 5.82 Å². The summed E-state index contributed by atoms with van der Waals surface area (Å²) in [6.07, 6.45) is 9.70. The number of nitrogen functional groups attached to an aromatic ring is 1. The summed E-state index contributed by atoms with van der Waals surface area (Å²) in [6.45, 7) is 0. The first-order valence-electron chi connectivity index (χ1n) is 7.26. The van der Waals surface area contributed by atoms with Crippen LogP contribution in [0.5, 0.6) is 0 Å². The van der Waals surface area contributed by atoms with Gasteiger partial charge in [-0.15, -0.1) is 0 Å². The average Bonchev–Trinajstić information content (AvgIpc) is 3.04. The van der Waals surface area contributed by atoms with Crippen molar-refractivity contribution < 1.29 is 9.47 Å². The number of nitrogens with one attached hydrogen (secondary N) is 1. The predicted octanol–water partition coefficient (Wildman–Crippen LogP) is 2.04. The number of hydrogen-bond donors (Lipinski definition) is 2. The second kappa shape index (κ2) is 6.24. The number of fused-ring (bicyclic) bond motifs is 1. The van der Waals surface area contributed by atoms with Crippen LogP contribution in [0.15, 0.2) is 36.2 Å². The van der Waals surface area contributed by atoms with E-state index in [9.17, 15) is 5.26 Å². The maximum atomic E-state index is 9.26. The first-order chi connectivity index (χ1) is 11.2. The summed E-state index contributed by atoms with van der Waals surface area (Å²) < 4.78 is 11.0. The number of nitriles is 1. The molecule has 0 fully saturated rings. The fourth-order valence-electron chi connectivity index (χ4n) is 3.01. The molecule has 0 aromatic heterocycles.